The van der Waals surface area contributed by atoms with Crippen molar-refractivity contribution in [1.29, 1.82) is 0 Å². The first-order chi connectivity index (χ1) is 12.2. The van der Waals surface area contributed by atoms with E-state index in [1.807, 2.05) is 13.8 Å². The Balaban J connectivity index is 2.26. The number of nitrogens with two attached hydrogens (primary N) is 1. The number of hydrogen-bond donors (Lipinski definition) is 1. The molecular formula is C20H29FN4O. The van der Waals surface area contributed by atoms with Crippen molar-refractivity contribution in [3.05, 3.63) is 47.5 Å². The van der Waals surface area contributed by atoms with Gasteiger partial charge in [-0.2, -0.15) is 5.10 Å². The fourth-order valence-corrected chi connectivity index (χ4v) is 2.85. The molecule has 1 aromatic heterocycles. The number of benzene rings is 1. The summed E-state index contributed by atoms with van der Waals surface area (Å²) in [6, 6.07) is 6.17. The lowest BCUT2D eigenvalue weighted by Gasteiger charge is -2.22. The Morgan fingerprint density at radius 2 is 1.85 bits per heavy atom. The van der Waals surface area contributed by atoms with Crippen LogP contribution >= 0.6 is 0 Å². The summed E-state index contributed by atoms with van der Waals surface area (Å²) in [5.41, 5.74) is 8.22. The number of carbonyl (C=O) groups excluding carboxylic acids is 1. The van der Waals surface area contributed by atoms with Crippen LogP contribution in [0.5, 0.6) is 0 Å². The van der Waals surface area contributed by atoms with E-state index in [2.05, 4.69) is 18.9 Å². The second-order valence-electron chi connectivity index (χ2n) is 7.41. The minimum absolute atomic E-state index is 0.0664. The highest BCUT2D eigenvalue weighted by atomic mass is 19.1. The molecule has 2 N–H and O–H groups in total. The van der Waals surface area contributed by atoms with Gasteiger partial charge in [0.05, 0.1) is 23.1 Å². The van der Waals surface area contributed by atoms with Crippen LogP contribution in [-0.2, 0) is 0 Å². The van der Waals surface area contributed by atoms with Crippen molar-refractivity contribution in [1.82, 2.24) is 14.7 Å². The Labute approximate surface area is 155 Å². The van der Waals surface area contributed by atoms with Gasteiger partial charge in [0.25, 0.3) is 5.91 Å². The highest BCUT2D eigenvalue weighted by Crippen LogP contribution is 2.24. The summed E-state index contributed by atoms with van der Waals surface area (Å²) in [7, 11) is 1.79. The van der Waals surface area contributed by atoms with Crippen molar-refractivity contribution in [3.63, 3.8) is 0 Å². The zero-order valence-corrected chi connectivity index (χ0v) is 16.2. The van der Waals surface area contributed by atoms with Gasteiger partial charge in [-0.25, -0.2) is 9.07 Å². The fourth-order valence-electron chi connectivity index (χ4n) is 2.85. The van der Waals surface area contributed by atoms with E-state index in [1.54, 1.807) is 35.0 Å². The number of aromatic nitrogens is 2. The first kappa shape index (κ1) is 20.1. The number of rotatable bonds is 7. The van der Waals surface area contributed by atoms with Gasteiger partial charge in [-0.1, -0.05) is 27.7 Å². The minimum atomic E-state index is -0.301. The maximum absolute atomic E-state index is 13.2. The van der Waals surface area contributed by atoms with E-state index in [-0.39, 0.29) is 23.7 Å². The average molecular weight is 360 g/mol. The Bertz CT molecular complexity index is 737. The molecule has 1 unspecified atom stereocenters. The molecule has 0 spiro atoms. The molecule has 2 rings (SSSR count). The Kier molecular flexibility index (Phi) is 6.53. The molecule has 0 radical (unpaired) electrons. The van der Waals surface area contributed by atoms with Crippen LogP contribution in [0, 0.1) is 11.7 Å². The van der Waals surface area contributed by atoms with Crippen LogP contribution in [0.15, 0.2) is 30.5 Å². The Hall–Kier alpha value is -2.21. The molecule has 5 nitrogen and oxygen atoms in total. The Morgan fingerprint density at radius 1 is 1.23 bits per heavy atom. The van der Waals surface area contributed by atoms with Gasteiger partial charge in [-0.05, 0) is 42.5 Å². The fraction of sp³-hybridized carbons (Fsp3) is 0.500. The maximum Gasteiger partial charge on any atom is 0.257 e. The summed E-state index contributed by atoms with van der Waals surface area (Å²) < 4.78 is 14.9. The van der Waals surface area contributed by atoms with Gasteiger partial charge < -0.3 is 10.6 Å². The summed E-state index contributed by atoms with van der Waals surface area (Å²) >= 11 is 0. The van der Waals surface area contributed by atoms with E-state index in [1.165, 1.54) is 12.1 Å². The van der Waals surface area contributed by atoms with Gasteiger partial charge in [-0.3, -0.25) is 4.79 Å². The SMILES string of the molecule is CC(C)c1c(C(=O)N(C)CCC(N)C(C)C)cnn1-c1ccc(F)cc1. The van der Waals surface area contributed by atoms with Gasteiger partial charge >= 0.3 is 0 Å². The molecule has 0 fully saturated rings. The van der Waals surface area contributed by atoms with Gasteiger partial charge in [-0.15, -0.1) is 0 Å². The number of hydrogen-bond acceptors (Lipinski definition) is 3. The Morgan fingerprint density at radius 3 is 2.38 bits per heavy atom. The van der Waals surface area contributed by atoms with Crippen molar-refractivity contribution >= 4 is 5.91 Å². The van der Waals surface area contributed by atoms with Gasteiger partial charge in [0, 0.05) is 19.6 Å². The van der Waals surface area contributed by atoms with Crippen LogP contribution in [-0.4, -0.2) is 40.2 Å². The van der Waals surface area contributed by atoms with E-state index in [0.717, 1.165) is 17.8 Å². The third-order valence-electron chi connectivity index (χ3n) is 4.66. The van der Waals surface area contributed by atoms with Crippen molar-refractivity contribution in [2.75, 3.05) is 13.6 Å². The number of carbonyl (C=O) groups is 1. The van der Waals surface area contributed by atoms with E-state index in [4.69, 9.17) is 5.73 Å². The second kappa shape index (κ2) is 8.45. The molecule has 2 aromatic rings. The lowest BCUT2D eigenvalue weighted by atomic mass is 10.0. The molecule has 0 aliphatic rings. The molecule has 26 heavy (non-hydrogen) atoms. The van der Waals surface area contributed by atoms with E-state index in [0.29, 0.717) is 18.0 Å². The summed E-state index contributed by atoms with van der Waals surface area (Å²) in [4.78, 5) is 14.6. The van der Waals surface area contributed by atoms with E-state index < -0.39 is 0 Å². The third-order valence-corrected chi connectivity index (χ3v) is 4.66. The number of halogens is 1. The van der Waals surface area contributed by atoms with Gasteiger partial charge in [0.2, 0.25) is 0 Å². The smallest absolute Gasteiger partial charge is 0.257 e. The molecule has 0 bridgehead atoms. The van der Waals surface area contributed by atoms with Crippen molar-refractivity contribution in [2.24, 2.45) is 11.7 Å². The predicted octanol–water partition coefficient (Wildman–Crippen LogP) is 3.58. The van der Waals surface area contributed by atoms with E-state index >= 15 is 0 Å². The normalized spacial score (nSPS) is 12.7. The summed E-state index contributed by atoms with van der Waals surface area (Å²) in [6.45, 7) is 8.79. The number of amides is 1. The quantitative estimate of drug-likeness (QED) is 0.821. The predicted molar refractivity (Wildman–Crippen MR) is 102 cm³/mol. The lowest BCUT2D eigenvalue weighted by Crippen LogP contribution is -2.35. The zero-order chi connectivity index (χ0) is 19.4. The standard InChI is InChI=1S/C20H29FN4O/c1-13(2)18(22)10-11-24(5)20(26)17-12-23-25(19(17)14(3)4)16-8-6-15(21)7-9-16/h6-9,12-14,18H,10-11,22H2,1-5H3. The molecule has 0 aliphatic carbocycles. The highest BCUT2D eigenvalue weighted by molar-refractivity contribution is 5.95. The molecule has 1 aromatic carbocycles. The highest BCUT2D eigenvalue weighted by Gasteiger charge is 2.23. The van der Waals surface area contributed by atoms with Crippen molar-refractivity contribution in [3.8, 4) is 5.69 Å². The molecule has 1 atom stereocenters. The minimum Gasteiger partial charge on any atom is -0.342 e. The maximum atomic E-state index is 13.2. The molecule has 142 valence electrons. The van der Waals surface area contributed by atoms with Crippen molar-refractivity contribution in [2.45, 2.75) is 46.1 Å². The molecule has 1 amide bonds. The molecule has 1 heterocycles. The number of nitrogens with zero attached hydrogens (tertiary/aromatic N) is 3. The van der Waals surface area contributed by atoms with E-state index in [9.17, 15) is 9.18 Å². The lowest BCUT2D eigenvalue weighted by molar-refractivity contribution is 0.0787. The summed E-state index contributed by atoms with van der Waals surface area (Å²) in [5.74, 6) is 0.0984. The van der Waals surface area contributed by atoms with Crippen LogP contribution in [0.3, 0.4) is 0 Å². The molecule has 0 saturated heterocycles. The van der Waals surface area contributed by atoms with Gasteiger partial charge in [0.1, 0.15) is 5.82 Å². The largest absolute Gasteiger partial charge is 0.342 e. The zero-order valence-electron chi connectivity index (χ0n) is 16.2. The van der Waals surface area contributed by atoms with Crippen LogP contribution in [0.2, 0.25) is 0 Å². The van der Waals surface area contributed by atoms with Gasteiger partial charge in [0.15, 0.2) is 0 Å². The average Bonchev–Trinajstić information content (AvgIpc) is 3.04. The van der Waals surface area contributed by atoms with Crippen LogP contribution in [0.4, 0.5) is 4.39 Å². The monoisotopic (exact) mass is 360 g/mol. The summed E-state index contributed by atoms with van der Waals surface area (Å²) in [5, 5.41) is 4.39. The molecule has 0 saturated carbocycles. The second-order valence-corrected chi connectivity index (χ2v) is 7.41. The summed E-state index contributed by atoms with van der Waals surface area (Å²) in [6.07, 6.45) is 2.35. The van der Waals surface area contributed by atoms with Crippen molar-refractivity contribution < 1.29 is 9.18 Å². The van der Waals surface area contributed by atoms with Crippen LogP contribution in [0.1, 0.15) is 56.1 Å². The molecular weight excluding hydrogens is 331 g/mol. The molecule has 6 heteroatoms. The van der Waals surface area contributed by atoms with Crippen LogP contribution in [0.25, 0.3) is 5.69 Å². The first-order valence-corrected chi connectivity index (χ1v) is 9.07. The topological polar surface area (TPSA) is 64.2 Å². The third kappa shape index (κ3) is 4.49. The first-order valence-electron chi connectivity index (χ1n) is 9.07. The molecule has 0 aliphatic heterocycles. The van der Waals surface area contributed by atoms with Crippen LogP contribution < -0.4 is 5.73 Å².